The molecule has 5 heteroatoms. The molecule has 1 fully saturated rings. The highest BCUT2D eigenvalue weighted by Gasteiger charge is 2.58. The van der Waals surface area contributed by atoms with E-state index in [0.29, 0.717) is 6.54 Å². The normalized spacial score (nSPS) is 41.9. The van der Waals surface area contributed by atoms with Gasteiger partial charge in [-0.25, -0.2) is 4.79 Å². The summed E-state index contributed by atoms with van der Waals surface area (Å²) in [7, 11) is 0. The standard InChI is InChI=1S/C12H20N2O3/c1-7-6-13-14-12(7)8(2)16-10(11(3,4)5)17-9(12)15/h7-8,10H,6H2,1-5H3/t7-,8?,10?,12?/m1/s1. The Morgan fingerprint density at radius 1 is 1.35 bits per heavy atom. The van der Waals surface area contributed by atoms with Crippen LogP contribution in [0.25, 0.3) is 0 Å². The quantitative estimate of drug-likeness (QED) is 0.609. The fourth-order valence-electron chi connectivity index (χ4n) is 2.30. The molecular weight excluding hydrogens is 220 g/mol. The highest BCUT2D eigenvalue weighted by molar-refractivity contribution is 5.83. The van der Waals surface area contributed by atoms with E-state index in [0.717, 1.165) is 0 Å². The summed E-state index contributed by atoms with van der Waals surface area (Å²) in [6.45, 7) is 10.3. The second-order valence-electron chi connectivity index (χ2n) is 6.03. The monoisotopic (exact) mass is 240 g/mol. The zero-order chi connectivity index (χ0) is 12.8. The average Bonchev–Trinajstić information content (AvgIpc) is 2.56. The number of azo groups is 1. The van der Waals surface area contributed by atoms with Gasteiger partial charge in [-0.3, -0.25) is 0 Å². The van der Waals surface area contributed by atoms with Crippen LogP contribution in [0.5, 0.6) is 0 Å². The summed E-state index contributed by atoms with van der Waals surface area (Å²) in [6.07, 6.45) is -0.812. The molecule has 0 radical (unpaired) electrons. The zero-order valence-electron chi connectivity index (χ0n) is 11.1. The molecule has 4 atom stereocenters. The molecular formula is C12H20N2O3. The second kappa shape index (κ2) is 3.77. The summed E-state index contributed by atoms with van der Waals surface area (Å²) in [5.74, 6) is -0.268. The van der Waals surface area contributed by atoms with E-state index in [-0.39, 0.29) is 23.4 Å². The minimum absolute atomic E-state index is 0.0333. The van der Waals surface area contributed by atoms with Crippen LogP contribution in [0, 0.1) is 11.3 Å². The first-order valence-electron chi connectivity index (χ1n) is 6.03. The van der Waals surface area contributed by atoms with Crippen LogP contribution in [-0.4, -0.2) is 30.4 Å². The predicted octanol–water partition coefficient (Wildman–Crippen LogP) is 2.16. The minimum Gasteiger partial charge on any atom is -0.433 e. The molecule has 0 aromatic heterocycles. The van der Waals surface area contributed by atoms with Crippen molar-refractivity contribution in [2.75, 3.05) is 6.54 Å². The fourth-order valence-corrected chi connectivity index (χ4v) is 2.30. The van der Waals surface area contributed by atoms with Crippen molar-refractivity contribution in [3.05, 3.63) is 0 Å². The van der Waals surface area contributed by atoms with Crippen molar-refractivity contribution in [2.24, 2.45) is 21.6 Å². The van der Waals surface area contributed by atoms with Gasteiger partial charge in [-0.1, -0.05) is 27.7 Å². The molecule has 3 unspecified atom stereocenters. The predicted molar refractivity (Wildman–Crippen MR) is 61.5 cm³/mol. The Kier molecular flexibility index (Phi) is 2.77. The van der Waals surface area contributed by atoms with Gasteiger partial charge in [0.15, 0.2) is 0 Å². The number of hydrogen-bond donors (Lipinski definition) is 0. The highest BCUT2D eigenvalue weighted by atomic mass is 16.7. The van der Waals surface area contributed by atoms with Crippen LogP contribution in [0.15, 0.2) is 10.2 Å². The van der Waals surface area contributed by atoms with Gasteiger partial charge in [0, 0.05) is 11.3 Å². The van der Waals surface area contributed by atoms with Crippen LogP contribution in [0.1, 0.15) is 34.6 Å². The van der Waals surface area contributed by atoms with Crippen molar-refractivity contribution in [3.63, 3.8) is 0 Å². The Bertz CT molecular complexity index is 361. The summed E-state index contributed by atoms with van der Waals surface area (Å²) in [4.78, 5) is 12.2. The van der Waals surface area contributed by atoms with Gasteiger partial charge in [0.1, 0.15) is 0 Å². The molecule has 0 N–H and O–H groups in total. The molecule has 2 rings (SSSR count). The number of hydrogen-bond acceptors (Lipinski definition) is 5. The SMILES string of the molecule is CC1OC(C(C)(C)C)OC(=O)C12N=NC[C@H]2C. The molecule has 5 nitrogen and oxygen atoms in total. The number of carbonyl (C=O) groups excluding carboxylic acids is 1. The maximum atomic E-state index is 12.2. The topological polar surface area (TPSA) is 60.2 Å². The number of rotatable bonds is 0. The molecule has 2 aliphatic heterocycles. The van der Waals surface area contributed by atoms with Crippen LogP contribution < -0.4 is 0 Å². The van der Waals surface area contributed by atoms with E-state index in [1.54, 1.807) is 0 Å². The van der Waals surface area contributed by atoms with E-state index in [1.165, 1.54) is 0 Å². The Balaban J connectivity index is 2.26. The van der Waals surface area contributed by atoms with Gasteiger partial charge in [-0.2, -0.15) is 10.2 Å². The lowest BCUT2D eigenvalue weighted by molar-refractivity contribution is -0.260. The molecule has 2 heterocycles. The number of nitrogens with zero attached hydrogens (tertiary/aromatic N) is 2. The largest absolute Gasteiger partial charge is 0.433 e. The van der Waals surface area contributed by atoms with E-state index >= 15 is 0 Å². The van der Waals surface area contributed by atoms with Gasteiger partial charge in [-0.15, -0.1) is 0 Å². The van der Waals surface area contributed by atoms with E-state index < -0.39 is 11.8 Å². The van der Waals surface area contributed by atoms with E-state index in [1.807, 2.05) is 34.6 Å². The second-order valence-corrected chi connectivity index (χ2v) is 6.03. The van der Waals surface area contributed by atoms with E-state index in [4.69, 9.17) is 9.47 Å². The average molecular weight is 240 g/mol. The molecule has 0 amide bonds. The van der Waals surface area contributed by atoms with Crippen molar-refractivity contribution in [1.82, 2.24) is 0 Å². The summed E-state index contributed by atoms with van der Waals surface area (Å²) >= 11 is 0. The van der Waals surface area contributed by atoms with Crippen molar-refractivity contribution >= 4 is 5.97 Å². The molecule has 0 aromatic rings. The molecule has 1 spiro atoms. The van der Waals surface area contributed by atoms with Crippen LogP contribution in [0.3, 0.4) is 0 Å². The van der Waals surface area contributed by atoms with Crippen LogP contribution in [0.2, 0.25) is 0 Å². The van der Waals surface area contributed by atoms with Crippen molar-refractivity contribution in [1.29, 1.82) is 0 Å². The summed E-state index contributed by atoms with van der Waals surface area (Å²) in [5.41, 5.74) is -1.16. The maximum absolute atomic E-state index is 12.2. The Labute approximate surface area is 102 Å². The van der Waals surface area contributed by atoms with Gasteiger partial charge >= 0.3 is 5.97 Å². The minimum atomic E-state index is -0.929. The smallest absolute Gasteiger partial charge is 0.341 e. The molecule has 1 saturated heterocycles. The van der Waals surface area contributed by atoms with Gasteiger partial charge in [0.25, 0.3) is 0 Å². The molecule has 2 aliphatic rings. The van der Waals surface area contributed by atoms with Gasteiger partial charge < -0.3 is 9.47 Å². The van der Waals surface area contributed by atoms with E-state index in [2.05, 4.69) is 10.2 Å². The van der Waals surface area contributed by atoms with E-state index in [9.17, 15) is 4.79 Å². The lowest BCUT2D eigenvalue weighted by atomic mass is 9.81. The Hall–Kier alpha value is -0.970. The molecule has 0 aromatic carbocycles. The summed E-state index contributed by atoms with van der Waals surface area (Å²) in [6, 6.07) is 0. The number of cyclic esters (lactones) is 1. The number of ether oxygens (including phenoxy) is 2. The fraction of sp³-hybridized carbons (Fsp3) is 0.917. The summed E-state index contributed by atoms with van der Waals surface area (Å²) in [5, 5.41) is 8.09. The van der Waals surface area contributed by atoms with Crippen molar-refractivity contribution in [3.8, 4) is 0 Å². The molecule has 0 bridgehead atoms. The molecule has 0 saturated carbocycles. The third-order valence-corrected chi connectivity index (χ3v) is 3.54. The van der Waals surface area contributed by atoms with Gasteiger partial charge in [0.2, 0.25) is 11.8 Å². The molecule has 0 aliphatic carbocycles. The van der Waals surface area contributed by atoms with Crippen LogP contribution in [-0.2, 0) is 14.3 Å². The molecule has 17 heavy (non-hydrogen) atoms. The first-order valence-corrected chi connectivity index (χ1v) is 6.03. The molecule has 96 valence electrons. The third kappa shape index (κ3) is 1.76. The van der Waals surface area contributed by atoms with Gasteiger partial charge in [-0.05, 0) is 6.92 Å². The summed E-state index contributed by atoms with van der Waals surface area (Å²) < 4.78 is 11.2. The van der Waals surface area contributed by atoms with Gasteiger partial charge in [0.05, 0.1) is 12.6 Å². The highest BCUT2D eigenvalue weighted by Crippen LogP contribution is 2.41. The number of carbonyl (C=O) groups is 1. The van der Waals surface area contributed by atoms with Crippen molar-refractivity contribution in [2.45, 2.75) is 52.6 Å². The third-order valence-electron chi connectivity index (χ3n) is 3.54. The Morgan fingerprint density at radius 3 is 2.41 bits per heavy atom. The number of esters is 1. The maximum Gasteiger partial charge on any atom is 0.341 e. The first kappa shape index (κ1) is 12.5. The Morgan fingerprint density at radius 2 is 2.00 bits per heavy atom. The lowest BCUT2D eigenvalue weighted by Gasteiger charge is -2.44. The first-order chi connectivity index (χ1) is 7.78. The van der Waals surface area contributed by atoms with Crippen molar-refractivity contribution < 1.29 is 14.3 Å². The van der Waals surface area contributed by atoms with Crippen LogP contribution >= 0.6 is 0 Å². The van der Waals surface area contributed by atoms with Crippen LogP contribution in [0.4, 0.5) is 0 Å². The lowest BCUT2D eigenvalue weighted by Crippen LogP contribution is -2.60. The zero-order valence-corrected chi connectivity index (χ0v) is 11.1.